The Morgan fingerprint density at radius 1 is 1.30 bits per heavy atom. The second-order valence-corrected chi connectivity index (χ2v) is 8.29. The number of hydrogen-bond donors (Lipinski definition) is 2. The van der Waals surface area contributed by atoms with Crippen molar-refractivity contribution in [2.24, 2.45) is 5.92 Å². The first-order valence-electron chi connectivity index (χ1n) is 9.28. The molecule has 144 valence electrons. The molecule has 0 saturated heterocycles. The Labute approximate surface area is 166 Å². The quantitative estimate of drug-likeness (QED) is 0.764. The van der Waals surface area contributed by atoms with E-state index in [4.69, 9.17) is 11.6 Å². The van der Waals surface area contributed by atoms with E-state index in [0.717, 1.165) is 12.0 Å². The van der Waals surface area contributed by atoms with Crippen molar-refractivity contribution >= 4 is 17.5 Å². The van der Waals surface area contributed by atoms with Gasteiger partial charge in [-0.3, -0.25) is 4.79 Å². The van der Waals surface area contributed by atoms with Gasteiger partial charge in [0.15, 0.2) is 0 Å². The highest BCUT2D eigenvalue weighted by molar-refractivity contribution is 6.31. The molecule has 1 fully saturated rings. The molecule has 0 aliphatic heterocycles. The molecule has 5 heteroatoms. The molecule has 2 N–H and O–H groups in total. The number of carbonyl (C=O) groups excluding carboxylic acids is 1. The van der Waals surface area contributed by atoms with Gasteiger partial charge >= 0.3 is 0 Å². The van der Waals surface area contributed by atoms with Gasteiger partial charge in [-0.15, -0.1) is 0 Å². The average molecular weight is 387 g/mol. The van der Waals surface area contributed by atoms with Gasteiger partial charge in [-0.25, -0.2) is 0 Å². The molecule has 27 heavy (non-hydrogen) atoms. The van der Waals surface area contributed by atoms with E-state index in [0.29, 0.717) is 18.0 Å². The molecule has 1 aliphatic carbocycles. The zero-order valence-corrected chi connectivity index (χ0v) is 16.8. The van der Waals surface area contributed by atoms with E-state index in [9.17, 15) is 9.90 Å². The summed E-state index contributed by atoms with van der Waals surface area (Å²) in [7, 11) is 3.99. The molecule has 1 aliphatic rings. The maximum atomic E-state index is 12.7. The Morgan fingerprint density at radius 2 is 2.00 bits per heavy atom. The van der Waals surface area contributed by atoms with E-state index in [1.54, 1.807) is 12.1 Å². The Hall–Kier alpha value is -2.04. The number of amides is 1. The molecular weight excluding hydrogens is 360 g/mol. The van der Waals surface area contributed by atoms with E-state index in [1.165, 1.54) is 5.56 Å². The molecule has 1 unspecified atom stereocenters. The van der Waals surface area contributed by atoms with Crippen LogP contribution in [0.4, 0.5) is 0 Å². The highest BCUT2D eigenvalue weighted by Gasteiger charge is 2.55. The lowest BCUT2D eigenvalue weighted by atomic mass is 9.95. The van der Waals surface area contributed by atoms with Crippen molar-refractivity contribution in [3.05, 3.63) is 64.7 Å². The summed E-state index contributed by atoms with van der Waals surface area (Å²) in [6, 6.07) is 15.4. The highest BCUT2D eigenvalue weighted by atomic mass is 35.5. The van der Waals surface area contributed by atoms with E-state index < -0.39 is 0 Å². The normalized spacial score (nSPS) is 22.5. The number of hydrogen-bond acceptors (Lipinski definition) is 3. The molecule has 0 bridgehead atoms. The Balaban J connectivity index is 1.59. The molecule has 0 radical (unpaired) electrons. The average Bonchev–Trinajstić information content (AvgIpc) is 3.34. The van der Waals surface area contributed by atoms with Crippen LogP contribution in [0.1, 0.15) is 24.5 Å². The van der Waals surface area contributed by atoms with Crippen LogP contribution in [0.25, 0.3) is 0 Å². The number of carbonyl (C=O) groups is 1. The van der Waals surface area contributed by atoms with Crippen LogP contribution < -0.4 is 5.32 Å². The van der Waals surface area contributed by atoms with Crippen LogP contribution in [0.15, 0.2) is 48.5 Å². The molecule has 0 spiro atoms. The van der Waals surface area contributed by atoms with Crippen molar-refractivity contribution in [3.63, 3.8) is 0 Å². The van der Waals surface area contributed by atoms with Crippen molar-refractivity contribution in [2.75, 3.05) is 20.6 Å². The monoisotopic (exact) mass is 386 g/mol. The molecule has 2 aromatic rings. The van der Waals surface area contributed by atoms with Gasteiger partial charge in [0.2, 0.25) is 5.91 Å². The minimum atomic E-state index is -0.0563. The number of benzene rings is 2. The largest absolute Gasteiger partial charge is 0.508 e. The van der Waals surface area contributed by atoms with E-state index in [-0.39, 0.29) is 29.0 Å². The smallest absolute Gasteiger partial charge is 0.224 e. The summed E-state index contributed by atoms with van der Waals surface area (Å²) in [4.78, 5) is 14.8. The number of aromatic hydroxyl groups is 1. The molecule has 3 rings (SSSR count). The van der Waals surface area contributed by atoms with Gasteiger partial charge in [-0.05, 0) is 50.2 Å². The van der Waals surface area contributed by atoms with E-state index >= 15 is 0 Å². The lowest BCUT2D eigenvalue weighted by Crippen LogP contribution is -2.42. The molecule has 4 nitrogen and oxygen atoms in total. The van der Waals surface area contributed by atoms with Crippen molar-refractivity contribution < 1.29 is 9.90 Å². The molecule has 2 aromatic carbocycles. The maximum absolute atomic E-state index is 12.7. The van der Waals surface area contributed by atoms with E-state index in [1.807, 2.05) is 38.4 Å². The molecule has 1 saturated carbocycles. The van der Waals surface area contributed by atoms with Crippen LogP contribution in [0.2, 0.25) is 5.02 Å². The van der Waals surface area contributed by atoms with Crippen molar-refractivity contribution in [1.82, 2.24) is 10.2 Å². The van der Waals surface area contributed by atoms with Crippen LogP contribution in [0, 0.1) is 5.92 Å². The zero-order chi connectivity index (χ0) is 19.6. The minimum Gasteiger partial charge on any atom is -0.508 e. The van der Waals surface area contributed by atoms with Crippen molar-refractivity contribution in [1.29, 1.82) is 0 Å². The molecule has 1 amide bonds. The SMILES string of the molecule is CN(C)[C@H](CNC(=O)[C@@H]1CC1(C)c1ccccc1)Cc1ccc(O)cc1Cl. The van der Waals surface area contributed by atoms with E-state index in [2.05, 4.69) is 29.3 Å². The van der Waals surface area contributed by atoms with Gasteiger partial charge < -0.3 is 15.3 Å². The van der Waals surface area contributed by atoms with Crippen molar-refractivity contribution in [3.8, 4) is 5.75 Å². The van der Waals surface area contributed by atoms with Gasteiger partial charge in [0, 0.05) is 28.9 Å². The number of nitrogens with zero attached hydrogens (tertiary/aromatic N) is 1. The van der Waals surface area contributed by atoms with Crippen LogP contribution >= 0.6 is 11.6 Å². The molecular formula is C22H27ClN2O2. The highest BCUT2D eigenvalue weighted by Crippen LogP contribution is 2.53. The minimum absolute atomic E-state index is 0.0278. The summed E-state index contributed by atoms with van der Waals surface area (Å²) < 4.78 is 0. The van der Waals surface area contributed by atoms with Crippen molar-refractivity contribution in [2.45, 2.75) is 31.2 Å². The topological polar surface area (TPSA) is 52.6 Å². The standard InChI is InChI=1S/C22H27ClN2O2/c1-22(16-7-5-4-6-8-16)13-19(22)21(27)24-14-17(25(2)3)11-15-9-10-18(26)12-20(15)23/h4-10,12,17,19,26H,11,13-14H2,1-3H3,(H,24,27)/t17-,19-,22?/m0/s1. The predicted octanol–water partition coefficient (Wildman–Crippen LogP) is 3.61. The van der Waals surface area contributed by atoms with Gasteiger partial charge in [0.1, 0.15) is 5.75 Å². The fraction of sp³-hybridized carbons (Fsp3) is 0.409. The van der Waals surface area contributed by atoms with Gasteiger partial charge in [0.25, 0.3) is 0 Å². The first kappa shape index (κ1) is 19.7. The number of phenolic OH excluding ortho intramolecular Hbond substituents is 1. The summed E-state index contributed by atoms with van der Waals surface area (Å²) in [5, 5.41) is 13.2. The Kier molecular flexibility index (Phi) is 5.78. The van der Waals surface area contributed by atoms with Crippen LogP contribution in [0.5, 0.6) is 5.75 Å². The Bertz CT molecular complexity index is 809. The van der Waals surface area contributed by atoms with Gasteiger partial charge in [0.05, 0.1) is 0 Å². The lowest BCUT2D eigenvalue weighted by molar-refractivity contribution is -0.122. The van der Waals surface area contributed by atoms with Crippen LogP contribution in [-0.2, 0) is 16.6 Å². The number of phenols is 1. The summed E-state index contributed by atoms with van der Waals surface area (Å²) in [6.07, 6.45) is 1.59. The zero-order valence-electron chi connectivity index (χ0n) is 16.1. The second-order valence-electron chi connectivity index (χ2n) is 7.88. The number of likely N-dealkylation sites (N-methyl/N-ethyl adjacent to an activating group) is 1. The van der Waals surface area contributed by atoms with Gasteiger partial charge in [-0.1, -0.05) is 54.9 Å². The summed E-state index contributed by atoms with van der Waals surface area (Å²) in [6.45, 7) is 2.72. The third-order valence-corrected chi connectivity index (χ3v) is 6.07. The summed E-state index contributed by atoms with van der Waals surface area (Å²) in [5.41, 5.74) is 2.13. The van der Waals surface area contributed by atoms with Gasteiger partial charge in [-0.2, -0.15) is 0 Å². The number of halogens is 1. The number of nitrogens with one attached hydrogen (secondary N) is 1. The third kappa shape index (κ3) is 4.45. The van der Waals surface area contributed by atoms with Crippen LogP contribution in [0.3, 0.4) is 0 Å². The first-order chi connectivity index (χ1) is 12.8. The molecule has 3 atom stereocenters. The predicted molar refractivity (Wildman–Crippen MR) is 109 cm³/mol. The summed E-state index contributed by atoms with van der Waals surface area (Å²) >= 11 is 6.24. The summed E-state index contributed by atoms with van der Waals surface area (Å²) in [5.74, 6) is 0.303. The fourth-order valence-corrected chi connectivity index (χ4v) is 3.87. The maximum Gasteiger partial charge on any atom is 0.224 e. The molecule has 0 heterocycles. The molecule has 0 aromatic heterocycles. The fourth-order valence-electron chi connectivity index (χ4n) is 3.62. The first-order valence-corrected chi connectivity index (χ1v) is 9.66. The Morgan fingerprint density at radius 3 is 2.63 bits per heavy atom. The van der Waals surface area contributed by atoms with Crippen LogP contribution in [-0.4, -0.2) is 42.6 Å². The number of rotatable bonds is 7. The third-order valence-electron chi connectivity index (χ3n) is 5.72. The second kappa shape index (κ2) is 7.91. The lowest BCUT2D eigenvalue weighted by Gasteiger charge is -2.25.